The molecule has 1 spiro atoms. The van der Waals surface area contributed by atoms with Gasteiger partial charge in [-0.1, -0.05) is 6.07 Å². The summed E-state index contributed by atoms with van der Waals surface area (Å²) in [6.07, 6.45) is 5.23. The van der Waals surface area contributed by atoms with Crippen molar-refractivity contribution in [2.24, 2.45) is 0 Å². The molecule has 128 valence electrons. The number of hydrogen-bond acceptors (Lipinski definition) is 5. The average molecular weight is 339 g/mol. The summed E-state index contributed by atoms with van der Waals surface area (Å²) in [4.78, 5) is 6.56. The maximum atomic E-state index is 12.0. The van der Waals surface area contributed by atoms with E-state index in [1.807, 2.05) is 12.3 Å². The van der Waals surface area contributed by atoms with Gasteiger partial charge in [0.1, 0.15) is 0 Å². The monoisotopic (exact) mass is 339 g/mol. The van der Waals surface area contributed by atoms with Gasteiger partial charge in [-0.05, 0) is 31.4 Å². The Kier molecular flexibility index (Phi) is 5.01. The van der Waals surface area contributed by atoms with Gasteiger partial charge in [-0.3, -0.25) is 9.88 Å². The predicted molar refractivity (Wildman–Crippen MR) is 88.5 cm³/mol. The summed E-state index contributed by atoms with van der Waals surface area (Å²) in [5, 5.41) is 0. The van der Waals surface area contributed by atoms with Crippen molar-refractivity contribution >= 4 is 10.0 Å². The lowest BCUT2D eigenvalue weighted by molar-refractivity contribution is -0.131. The Labute approximate surface area is 138 Å². The standard InChI is InChI=1S/C16H25N3O3S/c1-2-23(20,21)19-8-5-16(6-9-19)14-18(10-11-22-16)13-15-4-3-7-17-12-15/h3-4,7,12H,2,5-6,8-11,13-14H2,1H3. The van der Waals surface area contributed by atoms with Crippen LogP contribution in [0.1, 0.15) is 25.3 Å². The van der Waals surface area contributed by atoms with Gasteiger partial charge in [-0.15, -0.1) is 0 Å². The van der Waals surface area contributed by atoms with E-state index < -0.39 is 10.0 Å². The Bertz CT molecular complexity index is 613. The van der Waals surface area contributed by atoms with Gasteiger partial charge in [0.2, 0.25) is 10.0 Å². The maximum absolute atomic E-state index is 12.0. The second-order valence-corrected chi connectivity index (χ2v) is 8.66. The molecule has 2 aliphatic rings. The summed E-state index contributed by atoms with van der Waals surface area (Å²) >= 11 is 0. The first kappa shape index (κ1) is 16.8. The number of nitrogens with zero attached hydrogens (tertiary/aromatic N) is 3. The Morgan fingerprint density at radius 3 is 2.74 bits per heavy atom. The van der Waals surface area contributed by atoms with Crippen LogP contribution in [0.15, 0.2) is 24.5 Å². The molecule has 2 saturated heterocycles. The van der Waals surface area contributed by atoms with Gasteiger partial charge in [-0.25, -0.2) is 12.7 Å². The third-order valence-electron chi connectivity index (χ3n) is 4.85. The Hall–Kier alpha value is -1.02. The number of pyridine rings is 1. The van der Waals surface area contributed by atoms with Crippen molar-refractivity contribution in [1.82, 2.24) is 14.2 Å². The highest BCUT2D eigenvalue weighted by Crippen LogP contribution is 2.31. The zero-order valence-corrected chi connectivity index (χ0v) is 14.5. The van der Waals surface area contributed by atoms with Crippen LogP contribution in [-0.4, -0.2) is 66.7 Å². The molecule has 0 bridgehead atoms. The topological polar surface area (TPSA) is 62.7 Å². The lowest BCUT2D eigenvalue weighted by atomic mass is 9.90. The number of morpholine rings is 1. The van der Waals surface area contributed by atoms with E-state index in [1.54, 1.807) is 17.4 Å². The molecule has 0 unspecified atom stereocenters. The second-order valence-electron chi connectivity index (χ2n) is 6.40. The molecule has 7 heteroatoms. The molecule has 2 aliphatic heterocycles. The molecule has 0 aliphatic carbocycles. The fraction of sp³-hybridized carbons (Fsp3) is 0.688. The molecule has 0 amide bonds. The first-order valence-electron chi connectivity index (χ1n) is 8.26. The SMILES string of the molecule is CCS(=O)(=O)N1CCC2(CC1)CN(Cc1cccnc1)CCO2. The molecule has 23 heavy (non-hydrogen) atoms. The van der Waals surface area contributed by atoms with Gasteiger partial charge in [0.05, 0.1) is 18.0 Å². The summed E-state index contributed by atoms with van der Waals surface area (Å²) < 4.78 is 31.7. The largest absolute Gasteiger partial charge is 0.372 e. The van der Waals surface area contributed by atoms with Gasteiger partial charge in [0, 0.05) is 45.1 Å². The fourth-order valence-corrected chi connectivity index (χ4v) is 4.57. The van der Waals surface area contributed by atoms with E-state index in [4.69, 9.17) is 4.74 Å². The summed E-state index contributed by atoms with van der Waals surface area (Å²) in [5.74, 6) is 0.175. The minimum absolute atomic E-state index is 0.175. The van der Waals surface area contributed by atoms with Gasteiger partial charge in [0.15, 0.2) is 0 Å². The summed E-state index contributed by atoms with van der Waals surface area (Å²) in [7, 11) is -3.08. The van der Waals surface area contributed by atoms with Crippen molar-refractivity contribution in [2.45, 2.75) is 31.9 Å². The fourth-order valence-electron chi connectivity index (χ4n) is 3.47. The van der Waals surface area contributed by atoms with Crippen molar-refractivity contribution in [3.63, 3.8) is 0 Å². The highest BCUT2D eigenvalue weighted by molar-refractivity contribution is 7.89. The molecule has 1 aromatic heterocycles. The van der Waals surface area contributed by atoms with E-state index in [0.29, 0.717) is 19.7 Å². The molecule has 2 fully saturated rings. The minimum atomic E-state index is -3.08. The second kappa shape index (κ2) is 6.84. The van der Waals surface area contributed by atoms with E-state index >= 15 is 0 Å². The lowest BCUT2D eigenvalue weighted by Crippen LogP contribution is -2.57. The van der Waals surface area contributed by atoms with Crippen molar-refractivity contribution in [3.8, 4) is 0 Å². The van der Waals surface area contributed by atoms with Crippen LogP contribution < -0.4 is 0 Å². The van der Waals surface area contributed by atoms with Crippen LogP contribution in [0, 0.1) is 0 Å². The molecule has 0 aromatic carbocycles. The lowest BCUT2D eigenvalue weighted by Gasteiger charge is -2.47. The van der Waals surface area contributed by atoms with Crippen molar-refractivity contribution in [1.29, 1.82) is 0 Å². The third kappa shape index (κ3) is 3.91. The van der Waals surface area contributed by atoms with Crippen molar-refractivity contribution < 1.29 is 13.2 Å². The van der Waals surface area contributed by atoms with Gasteiger partial charge in [0.25, 0.3) is 0 Å². The van der Waals surface area contributed by atoms with Crippen LogP contribution in [-0.2, 0) is 21.3 Å². The molecular weight excluding hydrogens is 314 g/mol. The van der Waals surface area contributed by atoms with E-state index in [0.717, 1.165) is 32.5 Å². The molecule has 1 aromatic rings. The Morgan fingerprint density at radius 2 is 2.09 bits per heavy atom. The first-order chi connectivity index (χ1) is 11.0. The van der Waals surface area contributed by atoms with Gasteiger partial charge < -0.3 is 4.74 Å². The summed E-state index contributed by atoms with van der Waals surface area (Å²) in [5.41, 5.74) is 1.01. The number of piperidine rings is 1. The normalized spacial score (nSPS) is 23.2. The van der Waals surface area contributed by atoms with Crippen molar-refractivity contribution in [2.75, 3.05) is 38.5 Å². The van der Waals surface area contributed by atoms with Gasteiger partial charge in [-0.2, -0.15) is 0 Å². The molecule has 0 radical (unpaired) electrons. The highest BCUT2D eigenvalue weighted by Gasteiger charge is 2.41. The Morgan fingerprint density at radius 1 is 1.30 bits per heavy atom. The van der Waals surface area contributed by atoms with Crippen LogP contribution in [0.2, 0.25) is 0 Å². The molecule has 0 saturated carbocycles. The zero-order valence-electron chi connectivity index (χ0n) is 13.6. The van der Waals surface area contributed by atoms with Crippen LogP contribution in [0.25, 0.3) is 0 Å². The van der Waals surface area contributed by atoms with E-state index in [1.165, 1.54) is 5.56 Å². The third-order valence-corrected chi connectivity index (χ3v) is 6.73. The van der Waals surface area contributed by atoms with Gasteiger partial charge >= 0.3 is 0 Å². The van der Waals surface area contributed by atoms with E-state index in [-0.39, 0.29) is 11.4 Å². The minimum Gasteiger partial charge on any atom is -0.372 e. The van der Waals surface area contributed by atoms with Crippen LogP contribution in [0.5, 0.6) is 0 Å². The van der Waals surface area contributed by atoms with Crippen LogP contribution in [0.4, 0.5) is 0 Å². The zero-order chi connectivity index (χ0) is 16.3. The Balaban J connectivity index is 1.61. The number of ether oxygens (including phenoxy) is 1. The number of sulfonamides is 1. The highest BCUT2D eigenvalue weighted by atomic mass is 32.2. The van der Waals surface area contributed by atoms with Crippen molar-refractivity contribution in [3.05, 3.63) is 30.1 Å². The molecule has 3 rings (SSSR count). The van der Waals surface area contributed by atoms with Crippen LogP contribution in [0.3, 0.4) is 0 Å². The quantitative estimate of drug-likeness (QED) is 0.822. The van der Waals surface area contributed by atoms with E-state index in [2.05, 4.69) is 16.0 Å². The maximum Gasteiger partial charge on any atom is 0.213 e. The molecule has 3 heterocycles. The predicted octanol–water partition coefficient (Wildman–Crippen LogP) is 1.10. The average Bonchev–Trinajstić information content (AvgIpc) is 2.56. The smallest absolute Gasteiger partial charge is 0.213 e. The number of hydrogen-bond donors (Lipinski definition) is 0. The number of rotatable bonds is 4. The first-order valence-corrected chi connectivity index (χ1v) is 9.87. The summed E-state index contributed by atoms with van der Waals surface area (Å²) in [6.45, 7) is 6.19. The molecule has 0 N–H and O–H groups in total. The van der Waals surface area contributed by atoms with E-state index in [9.17, 15) is 8.42 Å². The summed E-state index contributed by atoms with van der Waals surface area (Å²) in [6, 6.07) is 4.05. The molecule has 0 atom stereocenters. The molecule has 6 nitrogen and oxygen atoms in total. The number of aromatic nitrogens is 1. The van der Waals surface area contributed by atoms with Crippen LogP contribution >= 0.6 is 0 Å². The molecular formula is C16H25N3O3S.